The second-order valence-electron chi connectivity index (χ2n) is 8.50. The zero-order valence-electron chi connectivity index (χ0n) is 19.3. The van der Waals surface area contributed by atoms with Crippen LogP contribution in [0.3, 0.4) is 0 Å². The summed E-state index contributed by atoms with van der Waals surface area (Å²) in [6.07, 6.45) is -4.42. The van der Waals surface area contributed by atoms with Crippen molar-refractivity contribution in [3.63, 3.8) is 0 Å². The van der Waals surface area contributed by atoms with E-state index >= 15 is 0 Å². The molecule has 1 fully saturated rings. The van der Waals surface area contributed by atoms with Gasteiger partial charge in [0.15, 0.2) is 0 Å². The topological polar surface area (TPSA) is 58.6 Å². The lowest BCUT2D eigenvalue weighted by atomic mass is 10.1. The van der Waals surface area contributed by atoms with Gasteiger partial charge in [-0.2, -0.15) is 13.2 Å². The number of likely N-dealkylation sites (N-methyl/N-ethyl adjacent to an activating group) is 1. The molecule has 0 spiro atoms. The van der Waals surface area contributed by atoms with Crippen LogP contribution < -0.4 is 9.46 Å². The van der Waals surface area contributed by atoms with E-state index in [1.165, 1.54) is 17.8 Å². The molecule has 1 saturated heterocycles. The number of halogens is 3. The van der Waals surface area contributed by atoms with E-state index in [0.29, 0.717) is 13.0 Å². The van der Waals surface area contributed by atoms with Gasteiger partial charge in [-0.3, -0.25) is 4.72 Å². The molecule has 2 heterocycles. The summed E-state index contributed by atoms with van der Waals surface area (Å²) in [5.74, 6) is -0.379. The van der Waals surface area contributed by atoms with Crippen LogP contribution in [0.1, 0.15) is 23.1 Å². The standard InChI is InChI=1S/C24H25F3N2O3S3/c1-15-5-4-6-16(2)23(15)34-21-9-10-22(33-21)35(30,31)28-17-7-8-19(24(25,26)27)20(13-17)32-18-11-12-29(3)14-18/h4-10,13,18,28H,11-12,14H2,1-3H3. The maximum absolute atomic E-state index is 13.5. The van der Waals surface area contributed by atoms with Crippen LogP contribution in [-0.4, -0.2) is 39.6 Å². The third kappa shape index (κ3) is 6.14. The highest BCUT2D eigenvalue weighted by molar-refractivity contribution is 8.02. The summed E-state index contributed by atoms with van der Waals surface area (Å²) in [4.78, 5) is 3.03. The maximum atomic E-state index is 13.5. The summed E-state index contributed by atoms with van der Waals surface area (Å²) in [6, 6.07) is 12.3. The predicted molar refractivity (Wildman–Crippen MR) is 133 cm³/mol. The molecule has 2 aromatic carbocycles. The molecule has 0 amide bonds. The van der Waals surface area contributed by atoms with Crippen molar-refractivity contribution in [3.8, 4) is 5.75 Å². The Hall–Kier alpha value is -2.21. The van der Waals surface area contributed by atoms with Crippen molar-refractivity contribution in [3.05, 3.63) is 65.2 Å². The monoisotopic (exact) mass is 542 g/mol. The molecule has 35 heavy (non-hydrogen) atoms. The Balaban J connectivity index is 1.56. The van der Waals surface area contributed by atoms with Crippen LogP contribution in [-0.2, 0) is 16.2 Å². The normalized spacial score (nSPS) is 17.0. The SMILES string of the molecule is Cc1cccc(C)c1Sc1ccc(S(=O)(=O)Nc2ccc(C(F)(F)F)c(OC3CCN(C)C3)c2)s1. The van der Waals surface area contributed by atoms with Crippen LogP contribution in [0.25, 0.3) is 0 Å². The lowest BCUT2D eigenvalue weighted by Crippen LogP contribution is -2.23. The second-order valence-corrected chi connectivity index (χ2v) is 12.8. The number of benzene rings is 2. The van der Waals surface area contributed by atoms with Gasteiger partial charge in [-0.05, 0) is 62.7 Å². The predicted octanol–water partition coefficient (Wildman–Crippen LogP) is 6.42. The maximum Gasteiger partial charge on any atom is 0.419 e. The van der Waals surface area contributed by atoms with Crippen LogP contribution in [0.2, 0.25) is 0 Å². The summed E-state index contributed by atoms with van der Waals surface area (Å²) >= 11 is 2.59. The van der Waals surface area contributed by atoms with Crippen LogP contribution >= 0.6 is 23.1 Å². The van der Waals surface area contributed by atoms with E-state index < -0.39 is 27.9 Å². The number of thiophene rings is 1. The first-order chi connectivity index (χ1) is 16.4. The molecule has 0 radical (unpaired) electrons. The molecule has 1 unspecified atom stereocenters. The van der Waals surface area contributed by atoms with Crippen LogP contribution in [0.4, 0.5) is 18.9 Å². The molecular weight excluding hydrogens is 517 g/mol. The summed E-state index contributed by atoms with van der Waals surface area (Å²) in [5, 5.41) is 0. The number of sulfonamides is 1. The lowest BCUT2D eigenvalue weighted by Gasteiger charge is -2.19. The number of aryl methyl sites for hydroxylation is 2. The van der Waals surface area contributed by atoms with Crippen LogP contribution in [0, 0.1) is 13.8 Å². The first-order valence-corrected chi connectivity index (χ1v) is 14.0. The highest BCUT2D eigenvalue weighted by atomic mass is 32.3. The molecule has 1 aliphatic rings. The van der Waals surface area contributed by atoms with Crippen molar-refractivity contribution in [2.45, 2.75) is 45.9 Å². The van der Waals surface area contributed by atoms with Crippen molar-refractivity contribution in [1.82, 2.24) is 4.90 Å². The van der Waals surface area contributed by atoms with E-state index in [2.05, 4.69) is 4.72 Å². The molecule has 11 heteroatoms. The van der Waals surface area contributed by atoms with E-state index in [0.717, 1.165) is 56.3 Å². The fourth-order valence-electron chi connectivity index (χ4n) is 3.86. The molecule has 1 atom stereocenters. The van der Waals surface area contributed by atoms with Gasteiger partial charge >= 0.3 is 6.18 Å². The van der Waals surface area contributed by atoms with Crippen molar-refractivity contribution < 1.29 is 26.3 Å². The number of anilines is 1. The minimum Gasteiger partial charge on any atom is -0.488 e. The Kier molecular flexibility index (Phi) is 7.42. The van der Waals surface area contributed by atoms with Gasteiger partial charge in [-0.15, -0.1) is 11.3 Å². The van der Waals surface area contributed by atoms with Crippen molar-refractivity contribution >= 4 is 38.8 Å². The lowest BCUT2D eigenvalue weighted by molar-refractivity contribution is -0.139. The van der Waals surface area contributed by atoms with E-state index in [4.69, 9.17) is 4.74 Å². The van der Waals surface area contributed by atoms with Gasteiger partial charge in [-0.25, -0.2) is 8.42 Å². The van der Waals surface area contributed by atoms with Crippen molar-refractivity contribution in [1.29, 1.82) is 0 Å². The summed E-state index contributed by atoms with van der Waals surface area (Å²) in [6.45, 7) is 5.22. The van der Waals surface area contributed by atoms with E-state index in [1.807, 2.05) is 44.0 Å². The molecule has 188 valence electrons. The number of nitrogens with one attached hydrogen (secondary N) is 1. The molecule has 1 N–H and O–H groups in total. The first kappa shape index (κ1) is 25.9. The van der Waals surface area contributed by atoms with Gasteiger partial charge in [0.2, 0.25) is 0 Å². The van der Waals surface area contributed by atoms with Crippen molar-refractivity contribution in [2.24, 2.45) is 0 Å². The summed E-state index contributed by atoms with van der Waals surface area (Å²) in [7, 11) is -2.13. The number of ether oxygens (including phenoxy) is 1. The molecule has 1 aliphatic heterocycles. The fourth-order valence-corrected chi connectivity index (χ4v) is 7.58. The quantitative estimate of drug-likeness (QED) is 0.374. The Morgan fingerprint density at radius 2 is 1.83 bits per heavy atom. The molecule has 4 rings (SSSR count). The molecule has 3 aromatic rings. The van der Waals surface area contributed by atoms with Gasteiger partial charge in [0, 0.05) is 24.1 Å². The Labute approximate surface area is 211 Å². The minimum absolute atomic E-state index is 0.0108. The van der Waals surface area contributed by atoms with Crippen LogP contribution in [0.15, 0.2) is 61.8 Å². The van der Waals surface area contributed by atoms with E-state index in [1.54, 1.807) is 6.07 Å². The Bertz CT molecular complexity index is 1300. The fraction of sp³-hybridized carbons (Fsp3) is 0.333. The zero-order valence-corrected chi connectivity index (χ0v) is 21.8. The van der Waals surface area contributed by atoms with Gasteiger partial charge in [0.05, 0.1) is 15.5 Å². The third-order valence-corrected chi connectivity index (χ3v) is 10.1. The third-order valence-electron chi connectivity index (χ3n) is 5.61. The number of hydrogen-bond acceptors (Lipinski definition) is 6. The average Bonchev–Trinajstić information content (AvgIpc) is 3.39. The number of likely N-dealkylation sites (tertiary alicyclic amines) is 1. The van der Waals surface area contributed by atoms with Crippen LogP contribution in [0.5, 0.6) is 5.75 Å². The number of rotatable bonds is 7. The van der Waals surface area contributed by atoms with Crippen molar-refractivity contribution in [2.75, 3.05) is 24.9 Å². The molecular formula is C24H25F3N2O3S3. The number of nitrogens with zero attached hydrogens (tertiary/aromatic N) is 1. The molecule has 0 bridgehead atoms. The molecule has 0 aliphatic carbocycles. The largest absolute Gasteiger partial charge is 0.488 e. The second kappa shape index (κ2) is 10.0. The highest BCUT2D eigenvalue weighted by Crippen LogP contribution is 2.41. The van der Waals surface area contributed by atoms with E-state index in [9.17, 15) is 21.6 Å². The molecule has 1 aromatic heterocycles. The molecule has 5 nitrogen and oxygen atoms in total. The number of hydrogen-bond donors (Lipinski definition) is 1. The Morgan fingerprint density at radius 1 is 1.11 bits per heavy atom. The first-order valence-electron chi connectivity index (χ1n) is 10.9. The van der Waals surface area contributed by atoms with Gasteiger partial charge in [0.1, 0.15) is 16.1 Å². The number of alkyl halides is 3. The van der Waals surface area contributed by atoms with Gasteiger partial charge < -0.3 is 9.64 Å². The van der Waals surface area contributed by atoms with Gasteiger partial charge in [-0.1, -0.05) is 30.0 Å². The minimum atomic E-state index is -4.62. The zero-order chi connectivity index (χ0) is 25.4. The average molecular weight is 543 g/mol. The smallest absolute Gasteiger partial charge is 0.419 e. The Morgan fingerprint density at radius 3 is 2.46 bits per heavy atom. The summed E-state index contributed by atoms with van der Waals surface area (Å²) < 4.78 is 75.6. The molecule has 0 saturated carbocycles. The summed E-state index contributed by atoms with van der Waals surface area (Å²) in [5.41, 5.74) is 1.27. The highest BCUT2D eigenvalue weighted by Gasteiger charge is 2.36. The van der Waals surface area contributed by atoms with E-state index in [-0.39, 0.29) is 15.6 Å². The van der Waals surface area contributed by atoms with Gasteiger partial charge in [0.25, 0.3) is 10.0 Å².